The van der Waals surface area contributed by atoms with Crippen molar-refractivity contribution in [2.75, 3.05) is 12.4 Å². The first-order valence-electron chi connectivity index (χ1n) is 5.98. The van der Waals surface area contributed by atoms with E-state index in [0.29, 0.717) is 12.4 Å². The highest BCUT2D eigenvalue weighted by atomic mass is 79.9. The van der Waals surface area contributed by atoms with Crippen LogP contribution in [0.15, 0.2) is 27.6 Å². The van der Waals surface area contributed by atoms with Gasteiger partial charge < -0.3 is 0 Å². The lowest BCUT2D eigenvalue weighted by atomic mass is 10.2. The Balaban J connectivity index is 2.52. The highest BCUT2D eigenvalue weighted by molar-refractivity contribution is 9.10. The number of hydrogen-bond acceptors (Lipinski definition) is 2. The fourth-order valence-electron chi connectivity index (χ4n) is 1.55. The molecule has 1 aromatic rings. The topological polar surface area (TPSA) is 46.2 Å². The highest BCUT2D eigenvalue weighted by Crippen LogP contribution is 2.24. The van der Waals surface area contributed by atoms with Crippen molar-refractivity contribution < 1.29 is 8.42 Å². The standard InChI is InChI=1S/C12H16BrCl2NO2S/c13-10-5-6-12(11(15)9-10)19(17,18)16-8-4-2-1-3-7-14/h5-6,9,16H,1-4,7-8H2. The van der Waals surface area contributed by atoms with Gasteiger partial charge in [0.25, 0.3) is 0 Å². The number of rotatable bonds is 8. The average Bonchev–Trinajstić information content (AvgIpc) is 2.33. The van der Waals surface area contributed by atoms with Gasteiger partial charge in [-0.3, -0.25) is 0 Å². The monoisotopic (exact) mass is 387 g/mol. The van der Waals surface area contributed by atoms with E-state index in [9.17, 15) is 8.42 Å². The number of nitrogens with one attached hydrogen (secondary N) is 1. The van der Waals surface area contributed by atoms with Crippen molar-refractivity contribution in [3.63, 3.8) is 0 Å². The van der Waals surface area contributed by atoms with Crippen molar-refractivity contribution in [3.8, 4) is 0 Å². The van der Waals surface area contributed by atoms with Crippen molar-refractivity contribution in [2.45, 2.75) is 30.6 Å². The molecule has 0 aliphatic carbocycles. The molecule has 0 aliphatic heterocycles. The third kappa shape index (κ3) is 6.00. The van der Waals surface area contributed by atoms with Gasteiger partial charge in [-0.05, 0) is 31.0 Å². The minimum absolute atomic E-state index is 0.109. The van der Waals surface area contributed by atoms with Gasteiger partial charge in [-0.1, -0.05) is 40.4 Å². The fourth-order valence-corrected chi connectivity index (χ4v) is 3.85. The first-order valence-corrected chi connectivity index (χ1v) is 9.17. The summed E-state index contributed by atoms with van der Waals surface area (Å²) in [7, 11) is -3.53. The molecule has 1 rings (SSSR count). The zero-order chi connectivity index (χ0) is 14.3. The predicted molar refractivity (Wildman–Crippen MR) is 83.5 cm³/mol. The second kappa shape index (κ2) is 8.47. The molecule has 0 heterocycles. The summed E-state index contributed by atoms with van der Waals surface area (Å²) in [6, 6.07) is 4.71. The van der Waals surface area contributed by atoms with Gasteiger partial charge >= 0.3 is 0 Å². The molecule has 1 aromatic carbocycles. The van der Waals surface area contributed by atoms with Crippen LogP contribution in [0, 0.1) is 0 Å². The zero-order valence-electron chi connectivity index (χ0n) is 10.3. The summed E-state index contributed by atoms with van der Waals surface area (Å²) >= 11 is 14.7. The molecule has 0 amide bonds. The summed E-state index contributed by atoms with van der Waals surface area (Å²) in [5.41, 5.74) is 0. The lowest BCUT2D eigenvalue weighted by molar-refractivity contribution is 0.574. The number of sulfonamides is 1. The molecule has 0 saturated heterocycles. The number of benzene rings is 1. The summed E-state index contributed by atoms with van der Waals surface area (Å²) in [4.78, 5) is 0.109. The van der Waals surface area contributed by atoms with Gasteiger partial charge in [-0.15, -0.1) is 11.6 Å². The molecule has 108 valence electrons. The van der Waals surface area contributed by atoms with E-state index >= 15 is 0 Å². The Bertz CT molecular complexity index is 508. The lowest BCUT2D eigenvalue weighted by Gasteiger charge is -2.08. The minimum atomic E-state index is -3.53. The van der Waals surface area contributed by atoms with Gasteiger partial charge in [0.05, 0.1) is 5.02 Å². The molecule has 0 unspecified atom stereocenters. The number of halogens is 3. The summed E-state index contributed by atoms with van der Waals surface area (Å²) < 4.78 is 27.3. The first kappa shape index (κ1) is 17.2. The summed E-state index contributed by atoms with van der Waals surface area (Å²) in [5.74, 6) is 0.653. The molecule has 3 nitrogen and oxygen atoms in total. The van der Waals surface area contributed by atoms with Crippen molar-refractivity contribution in [2.24, 2.45) is 0 Å². The van der Waals surface area contributed by atoms with E-state index < -0.39 is 10.0 Å². The van der Waals surface area contributed by atoms with E-state index in [2.05, 4.69) is 20.7 Å². The Morgan fingerprint density at radius 2 is 1.84 bits per heavy atom. The Labute approximate surface area is 132 Å². The van der Waals surface area contributed by atoms with E-state index in [-0.39, 0.29) is 9.92 Å². The molecule has 0 bridgehead atoms. The molecule has 0 aliphatic rings. The summed E-state index contributed by atoms with van der Waals surface area (Å²) in [6.45, 7) is 0.414. The molecular formula is C12H16BrCl2NO2S. The third-order valence-electron chi connectivity index (χ3n) is 2.54. The van der Waals surface area contributed by atoms with Gasteiger partial charge in [0.15, 0.2) is 0 Å². The van der Waals surface area contributed by atoms with Crippen molar-refractivity contribution in [3.05, 3.63) is 27.7 Å². The van der Waals surface area contributed by atoms with E-state index in [4.69, 9.17) is 23.2 Å². The second-order valence-corrected chi connectivity index (χ2v) is 7.51. The summed E-state index contributed by atoms with van der Waals surface area (Å²) in [5, 5.41) is 0.212. The second-order valence-electron chi connectivity index (χ2n) is 4.08. The van der Waals surface area contributed by atoms with Gasteiger partial charge in [0, 0.05) is 16.9 Å². The van der Waals surface area contributed by atoms with E-state index in [0.717, 1.165) is 30.2 Å². The Morgan fingerprint density at radius 3 is 2.47 bits per heavy atom. The Kier molecular flexibility index (Phi) is 7.69. The Hall–Kier alpha value is 0.190. The van der Waals surface area contributed by atoms with Crippen molar-refractivity contribution in [1.82, 2.24) is 4.72 Å². The van der Waals surface area contributed by atoms with Crippen LogP contribution >= 0.6 is 39.1 Å². The number of hydrogen-bond donors (Lipinski definition) is 1. The van der Waals surface area contributed by atoms with Crippen molar-refractivity contribution in [1.29, 1.82) is 0 Å². The largest absolute Gasteiger partial charge is 0.242 e. The minimum Gasteiger partial charge on any atom is -0.211 e. The molecule has 1 N–H and O–H groups in total. The molecule has 0 atom stereocenters. The van der Waals surface area contributed by atoms with Crippen LogP contribution in [0.4, 0.5) is 0 Å². The average molecular weight is 389 g/mol. The smallest absolute Gasteiger partial charge is 0.211 e. The van der Waals surface area contributed by atoms with Crippen LogP contribution in [0.5, 0.6) is 0 Å². The molecule has 0 radical (unpaired) electrons. The predicted octanol–water partition coefficient (Wildman–Crippen LogP) is 4.18. The molecule has 7 heteroatoms. The maximum absolute atomic E-state index is 12.0. The maximum atomic E-state index is 12.0. The van der Waals surface area contributed by atoms with Crippen LogP contribution in [0.2, 0.25) is 5.02 Å². The van der Waals surface area contributed by atoms with Gasteiger partial charge in [-0.2, -0.15) is 0 Å². The van der Waals surface area contributed by atoms with E-state index in [1.54, 1.807) is 12.1 Å². The van der Waals surface area contributed by atoms with Crippen molar-refractivity contribution >= 4 is 49.2 Å². The molecule has 0 fully saturated rings. The van der Waals surface area contributed by atoms with Crippen LogP contribution in [-0.4, -0.2) is 20.8 Å². The first-order chi connectivity index (χ1) is 8.97. The SMILES string of the molecule is O=S(=O)(NCCCCCCCl)c1ccc(Br)cc1Cl. The lowest BCUT2D eigenvalue weighted by Crippen LogP contribution is -2.25. The Morgan fingerprint density at radius 1 is 1.16 bits per heavy atom. The van der Waals surface area contributed by atoms with Gasteiger partial charge in [-0.25, -0.2) is 13.1 Å². The third-order valence-corrected chi connectivity index (χ3v) is 5.24. The van der Waals surface area contributed by atoms with Crippen LogP contribution in [-0.2, 0) is 10.0 Å². The molecule has 0 spiro atoms. The number of unbranched alkanes of at least 4 members (excludes halogenated alkanes) is 3. The molecule has 0 aromatic heterocycles. The fraction of sp³-hybridized carbons (Fsp3) is 0.500. The summed E-state index contributed by atoms with van der Waals surface area (Å²) in [6.07, 6.45) is 3.74. The van der Waals surface area contributed by atoms with Crippen LogP contribution in [0.3, 0.4) is 0 Å². The number of alkyl halides is 1. The van der Waals surface area contributed by atoms with E-state index in [1.165, 1.54) is 6.07 Å². The molecular weight excluding hydrogens is 373 g/mol. The molecule has 19 heavy (non-hydrogen) atoms. The van der Waals surface area contributed by atoms with Gasteiger partial charge in [0.2, 0.25) is 10.0 Å². The normalized spacial score (nSPS) is 11.7. The van der Waals surface area contributed by atoms with Crippen LogP contribution in [0.25, 0.3) is 0 Å². The van der Waals surface area contributed by atoms with E-state index in [1.807, 2.05) is 0 Å². The quantitative estimate of drug-likeness (QED) is 0.536. The maximum Gasteiger partial charge on any atom is 0.242 e. The molecule has 0 saturated carbocycles. The highest BCUT2D eigenvalue weighted by Gasteiger charge is 2.17. The van der Waals surface area contributed by atoms with Crippen LogP contribution in [0.1, 0.15) is 25.7 Å². The van der Waals surface area contributed by atoms with Crippen LogP contribution < -0.4 is 4.72 Å². The van der Waals surface area contributed by atoms with Gasteiger partial charge in [0.1, 0.15) is 4.90 Å². The zero-order valence-corrected chi connectivity index (χ0v) is 14.2.